The molecule has 0 saturated carbocycles. The summed E-state index contributed by atoms with van der Waals surface area (Å²) in [7, 11) is 0. The van der Waals surface area contributed by atoms with Gasteiger partial charge in [-0.25, -0.2) is 0 Å². The molecule has 0 heterocycles. The van der Waals surface area contributed by atoms with Crippen molar-refractivity contribution in [2.24, 2.45) is 0 Å². The van der Waals surface area contributed by atoms with Crippen molar-refractivity contribution in [1.29, 1.82) is 0 Å². The Morgan fingerprint density at radius 2 is 2.00 bits per heavy atom. The van der Waals surface area contributed by atoms with Crippen LogP contribution in [-0.4, -0.2) is 5.91 Å². The fraction of sp³-hybridized carbons (Fsp3) is 0.125. The van der Waals surface area contributed by atoms with E-state index in [4.69, 9.17) is 0 Å². The standard InChI is InChI=1S/C8H9NO.Tb/c9-8(10)6-7-4-2-1-3-5-7;/h1-5H,6H2,(H2,9,10);/q;+1/p-1. The maximum absolute atomic E-state index is 10.9. The molecule has 0 aliphatic carbocycles. The predicted octanol–water partition coefficient (Wildman–Crippen LogP) is 0.810. The van der Waals surface area contributed by atoms with Crippen LogP contribution in [0, 0.1) is 37.0 Å². The Labute approximate surface area is 90.9 Å². The molecule has 0 bridgehead atoms. The van der Waals surface area contributed by atoms with Crippen molar-refractivity contribution in [3.8, 4) is 0 Å². The molecule has 0 radical (unpaired) electrons. The van der Waals surface area contributed by atoms with Crippen molar-refractivity contribution in [1.82, 2.24) is 1.69 Å². The van der Waals surface area contributed by atoms with Gasteiger partial charge in [0.05, 0.1) is 0 Å². The van der Waals surface area contributed by atoms with Crippen LogP contribution in [0.2, 0.25) is 0 Å². The molecular formula is C8H8NOTb. The summed E-state index contributed by atoms with van der Waals surface area (Å²) in [6.07, 6.45) is 0.470. The third-order valence-corrected chi connectivity index (χ3v) is 1.90. The van der Waals surface area contributed by atoms with E-state index in [1.807, 2.05) is 30.3 Å². The number of rotatable bonds is 2. The molecule has 1 aromatic rings. The van der Waals surface area contributed by atoms with Gasteiger partial charge in [0.2, 0.25) is 0 Å². The van der Waals surface area contributed by atoms with E-state index < -0.39 is 0 Å². The number of hydrogen-bond donors (Lipinski definition) is 1. The van der Waals surface area contributed by atoms with Crippen molar-refractivity contribution in [3.63, 3.8) is 0 Å². The van der Waals surface area contributed by atoms with Crippen LogP contribution in [-0.2, 0) is 11.2 Å². The van der Waals surface area contributed by atoms with E-state index in [1.165, 1.54) is 0 Å². The van der Waals surface area contributed by atoms with Gasteiger partial charge in [-0.15, -0.1) is 0 Å². The number of benzene rings is 1. The molecule has 0 spiro atoms. The fourth-order valence-electron chi connectivity index (χ4n) is 0.811. The van der Waals surface area contributed by atoms with Crippen molar-refractivity contribution in [2.75, 3.05) is 0 Å². The monoisotopic (exact) mass is 293 g/mol. The summed E-state index contributed by atoms with van der Waals surface area (Å²) in [4.78, 5) is 10.9. The molecule has 1 amide bonds. The summed E-state index contributed by atoms with van der Waals surface area (Å²) in [5.74, 6) is 0.0520. The van der Waals surface area contributed by atoms with E-state index in [0.29, 0.717) is 6.42 Å². The third kappa shape index (κ3) is 3.25. The van der Waals surface area contributed by atoms with E-state index in [1.54, 1.807) is 37.0 Å². The zero-order valence-electron chi connectivity index (χ0n) is 5.84. The molecule has 0 fully saturated rings. The van der Waals surface area contributed by atoms with Gasteiger partial charge in [0.15, 0.2) is 0 Å². The number of nitrogens with one attached hydrogen (secondary N) is 1. The van der Waals surface area contributed by atoms with Crippen molar-refractivity contribution in [2.45, 2.75) is 6.42 Å². The first kappa shape index (κ1) is 9.07. The number of carbonyl (C=O) groups excluding carboxylic acids is 1. The van der Waals surface area contributed by atoms with Crippen LogP contribution < -0.4 is 1.69 Å². The van der Waals surface area contributed by atoms with Crippen LogP contribution in [0.5, 0.6) is 0 Å². The second kappa shape index (κ2) is 4.77. The molecule has 0 aliphatic rings. The molecule has 0 unspecified atom stereocenters. The fourth-order valence-corrected chi connectivity index (χ4v) is 1.000. The van der Waals surface area contributed by atoms with Crippen LogP contribution in [0.15, 0.2) is 30.3 Å². The number of hydrogen-bond acceptors (Lipinski definition) is 1. The Hall–Kier alpha value is -0.0243. The summed E-state index contributed by atoms with van der Waals surface area (Å²) >= 11 is 1.64. The second-order valence-corrected chi connectivity index (χ2v) is 2.70. The molecule has 1 rings (SSSR count). The van der Waals surface area contributed by atoms with Crippen LogP contribution in [0.25, 0.3) is 0 Å². The van der Waals surface area contributed by atoms with Gasteiger partial charge < -0.3 is 0 Å². The van der Waals surface area contributed by atoms with Crippen molar-refractivity contribution in [3.05, 3.63) is 35.9 Å². The first-order chi connectivity index (χ1) is 5.33. The zero-order valence-corrected chi connectivity index (χ0v) is 7.97. The van der Waals surface area contributed by atoms with Crippen molar-refractivity contribution < 1.29 is 41.8 Å². The van der Waals surface area contributed by atoms with Crippen LogP contribution in [0.3, 0.4) is 0 Å². The summed E-state index contributed by atoms with van der Waals surface area (Å²) in [6, 6.07) is 9.67. The number of amides is 1. The minimum absolute atomic E-state index is 0.0520. The van der Waals surface area contributed by atoms with E-state index in [0.717, 1.165) is 5.56 Å². The SMILES string of the molecule is O=C(Cc1ccccc1)[NH][Tb]. The van der Waals surface area contributed by atoms with E-state index in [9.17, 15) is 4.79 Å². The molecule has 0 aromatic heterocycles. The van der Waals surface area contributed by atoms with Gasteiger partial charge in [-0.3, -0.25) is 0 Å². The van der Waals surface area contributed by atoms with Gasteiger partial charge in [-0.2, -0.15) is 0 Å². The van der Waals surface area contributed by atoms with Gasteiger partial charge in [0.25, 0.3) is 0 Å². The maximum atomic E-state index is 10.9. The van der Waals surface area contributed by atoms with Crippen molar-refractivity contribution >= 4 is 5.91 Å². The molecule has 1 N–H and O–H groups in total. The molecule has 60 valence electrons. The van der Waals surface area contributed by atoms with E-state index in [-0.39, 0.29) is 5.91 Å². The molecule has 2 nitrogen and oxygen atoms in total. The van der Waals surface area contributed by atoms with Gasteiger partial charge in [-0.05, 0) is 0 Å². The van der Waals surface area contributed by atoms with Gasteiger partial charge in [0.1, 0.15) is 0 Å². The first-order valence-electron chi connectivity index (χ1n) is 3.24. The Morgan fingerprint density at radius 3 is 2.55 bits per heavy atom. The van der Waals surface area contributed by atoms with E-state index in [2.05, 4.69) is 1.69 Å². The summed E-state index contributed by atoms with van der Waals surface area (Å²) in [5.41, 5.74) is 1.05. The topological polar surface area (TPSA) is 29.1 Å². The Bertz CT molecular complexity index is 235. The summed E-state index contributed by atoms with van der Waals surface area (Å²) < 4.78 is 2.57. The van der Waals surface area contributed by atoms with Crippen LogP contribution in [0.4, 0.5) is 0 Å². The van der Waals surface area contributed by atoms with E-state index >= 15 is 0 Å². The molecule has 0 saturated heterocycles. The van der Waals surface area contributed by atoms with Gasteiger partial charge in [0, 0.05) is 0 Å². The number of carbonyl (C=O) groups is 1. The molecule has 0 aliphatic heterocycles. The summed E-state index contributed by atoms with van der Waals surface area (Å²) in [6.45, 7) is 0. The predicted molar refractivity (Wildman–Crippen MR) is 38.3 cm³/mol. The molecule has 0 atom stereocenters. The summed E-state index contributed by atoms with van der Waals surface area (Å²) in [5, 5.41) is 0. The van der Waals surface area contributed by atoms with Crippen LogP contribution in [0.1, 0.15) is 5.56 Å². The Balaban J connectivity index is 2.58. The molecule has 3 heteroatoms. The molecule has 11 heavy (non-hydrogen) atoms. The molecular weight excluding hydrogens is 285 g/mol. The quantitative estimate of drug-likeness (QED) is 0.859. The third-order valence-electron chi connectivity index (χ3n) is 1.30. The molecule has 1 aromatic carbocycles. The second-order valence-electron chi connectivity index (χ2n) is 2.17. The average molecular weight is 293 g/mol. The first-order valence-corrected chi connectivity index (χ1v) is 4.31. The average Bonchev–Trinajstić information content (AvgIpc) is 2.06. The Morgan fingerprint density at radius 1 is 1.36 bits per heavy atom. The van der Waals surface area contributed by atoms with Gasteiger partial charge in [-0.1, -0.05) is 0 Å². The normalized spacial score (nSPS) is 9.27. The van der Waals surface area contributed by atoms with Crippen LogP contribution >= 0.6 is 0 Å². The van der Waals surface area contributed by atoms with Gasteiger partial charge >= 0.3 is 91.7 Å². The minimum atomic E-state index is 0.0520. The zero-order chi connectivity index (χ0) is 8.10. The Kier molecular flexibility index (Phi) is 3.93.